The van der Waals surface area contributed by atoms with E-state index in [0.717, 1.165) is 26.1 Å². The minimum atomic E-state index is -0.655. The van der Waals surface area contributed by atoms with Crippen LogP contribution in [0, 0.1) is 11.8 Å². The van der Waals surface area contributed by atoms with Gasteiger partial charge in [0.1, 0.15) is 0 Å². The molecule has 4 heteroatoms. The van der Waals surface area contributed by atoms with Gasteiger partial charge in [-0.15, -0.1) is 0 Å². The summed E-state index contributed by atoms with van der Waals surface area (Å²) in [6.45, 7) is 5.60. The van der Waals surface area contributed by atoms with Gasteiger partial charge < -0.3 is 10.0 Å². The molecule has 1 aromatic rings. The number of aliphatic carboxylic acids is 1. The lowest BCUT2D eigenvalue weighted by Crippen LogP contribution is -2.25. The van der Waals surface area contributed by atoms with Crippen molar-refractivity contribution in [1.29, 1.82) is 0 Å². The van der Waals surface area contributed by atoms with Crippen LogP contribution in [-0.2, 0) is 17.8 Å². The molecule has 114 valence electrons. The summed E-state index contributed by atoms with van der Waals surface area (Å²) in [4.78, 5) is 15.8. The number of hydrogen-bond donors (Lipinski definition) is 1. The lowest BCUT2D eigenvalue weighted by molar-refractivity contribution is -0.142. The number of likely N-dealkylation sites (tertiary alicyclic amines) is 1. The lowest BCUT2D eigenvalue weighted by atomic mass is 9.99. The molecule has 0 aromatic heterocycles. The third-order valence-electron chi connectivity index (χ3n) is 4.91. The van der Waals surface area contributed by atoms with Crippen molar-refractivity contribution in [2.45, 2.75) is 26.3 Å². The quantitative estimate of drug-likeness (QED) is 0.926. The first-order valence-electron chi connectivity index (χ1n) is 7.82. The second kappa shape index (κ2) is 5.68. The van der Waals surface area contributed by atoms with Gasteiger partial charge in [0.25, 0.3) is 0 Å². The van der Waals surface area contributed by atoms with E-state index in [0.29, 0.717) is 6.54 Å². The van der Waals surface area contributed by atoms with Crippen LogP contribution in [0.1, 0.15) is 24.5 Å². The second-order valence-corrected chi connectivity index (χ2v) is 6.60. The van der Waals surface area contributed by atoms with Gasteiger partial charge in [-0.25, -0.2) is 0 Å². The molecule has 4 nitrogen and oxygen atoms in total. The highest BCUT2D eigenvalue weighted by molar-refractivity contribution is 5.71. The van der Waals surface area contributed by atoms with Gasteiger partial charge in [0, 0.05) is 38.9 Å². The monoisotopic (exact) mass is 288 g/mol. The molecule has 2 heterocycles. The van der Waals surface area contributed by atoms with E-state index in [1.54, 1.807) is 0 Å². The number of aryl methyl sites for hydroxylation is 1. The second-order valence-electron chi connectivity index (χ2n) is 6.60. The van der Waals surface area contributed by atoms with Crippen LogP contribution in [0.3, 0.4) is 0 Å². The minimum absolute atomic E-state index is 0.214. The number of hydrogen-bond acceptors (Lipinski definition) is 3. The zero-order valence-electron chi connectivity index (χ0n) is 12.9. The highest BCUT2D eigenvalue weighted by Crippen LogP contribution is 2.29. The Kier molecular flexibility index (Phi) is 3.89. The van der Waals surface area contributed by atoms with Crippen molar-refractivity contribution in [3.63, 3.8) is 0 Å². The normalized spacial score (nSPS) is 25.9. The van der Waals surface area contributed by atoms with Gasteiger partial charge in [-0.05, 0) is 36.0 Å². The van der Waals surface area contributed by atoms with Crippen LogP contribution in [0.5, 0.6) is 0 Å². The van der Waals surface area contributed by atoms with Crippen molar-refractivity contribution in [2.75, 3.05) is 31.6 Å². The Hall–Kier alpha value is -1.55. The van der Waals surface area contributed by atoms with Crippen molar-refractivity contribution in [2.24, 2.45) is 11.8 Å². The van der Waals surface area contributed by atoms with Gasteiger partial charge in [0.15, 0.2) is 0 Å². The maximum absolute atomic E-state index is 11.2. The van der Waals surface area contributed by atoms with Gasteiger partial charge in [-0.3, -0.25) is 9.69 Å². The van der Waals surface area contributed by atoms with Crippen LogP contribution in [0.25, 0.3) is 0 Å². The van der Waals surface area contributed by atoms with Crippen LogP contribution >= 0.6 is 0 Å². The number of carboxylic acids is 1. The molecule has 2 unspecified atom stereocenters. The standard InChI is InChI=1S/C17H24N2O2/c1-12-9-19(11-15(12)17(20)21)10-13-5-6-16-14(8-13)4-3-7-18(16)2/h5-6,8,12,15H,3-4,7,9-11H2,1-2H3,(H,20,21). The molecule has 1 fully saturated rings. The van der Waals surface area contributed by atoms with Crippen molar-refractivity contribution in [3.05, 3.63) is 29.3 Å². The van der Waals surface area contributed by atoms with Gasteiger partial charge >= 0.3 is 5.97 Å². The fourth-order valence-corrected chi connectivity index (χ4v) is 3.71. The number of carboxylic acid groups (broad SMARTS) is 1. The molecule has 2 atom stereocenters. The molecule has 1 aromatic carbocycles. The molecule has 0 saturated carbocycles. The first kappa shape index (κ1) is 14.4. The maximum atomic E-state index is 11.2. The van der Waals surface area contributed by atoms with Gasteiger partial charge in [0.2, 0.25) is 0 Å². The van der Waals surface area contributed by atoms with Crippen LogP contribution in [-0.4, -0.2) is 42.7 Å². The molecule has 21 heavy (non-hydrogen) atoms. The summed E-state index contributed by atoms with van der Waals surface area (Å²) in [5.74, 6) is -0.628. The lowest BCUT2D eigenvalue weighted by Gasteiger charge is -2.28. The van der Waals surface area contributed by atoms with E-state index in [1.807, 2.05) is 6.92 Å². The van der Waals surface area contributed by atoms with Gasteiger partial charge in [-0.2, -0.15) is 0 Å². The summed E-state index contributed by atoms with van der Waals surface area (Å²) in [5.41, 5.74) is 4.09. The zero-order chi connectivity index (χ0) is 15.0. The van der Waals surface area contributed by atoms with Crippen LogP contribution in [0.4, 0.5) is 5.69 Å². The number of nitrogens with zero attached hydrogens (tertiary/aromatic N) is 2. The molecule has 0 spiro atoms. The molecule has 1 saturated heterocycles. The van der Waals surface area contributed by atoms with E-state index in [1.165, 1.54) is 23.2 Å². The van der Waals surface area contributed by atoms with Crippen LogP contribution < -0.4 is 4.90 Å². The number of carbonyl (C=O) groups is 1. The Morgan fingerprint density at radius 3 is 2.90 bits per heavy atom. The average molecular weight is 288 g/mol. The smallest absolute Gasteiger partial charge is 0.308 e. The SMILES string of the molecule is CC1CN(Cc2ccc3c(c2)CCCN3C)CC1C(=O)O. The van der Waals surface area contributed by atoms with E-state index in [9.17, 15) is 9.90 Å². The predicted octanol–water partition coefficient (Wildman–Crippen LogP) is 2.22. The van der Waals surface area contributed by atoms with Crippen molar-refractivity contribution in [3.8, 4) is 0 Å². The fourth-order valence-electron chi connectivity index (χ4n) is 3.71. The van der Waals surface area contributed by atoms with Gasteiger partial charge in [0.05, 0.1) is 5.92 Å². The molecule has 0 radical (unpaired) electrons. The van der Waals surface area contributed by atoms with Crippen molar-refractivity contribution in [1.82, 2.24) is 4.90 Å². The van der Waals surface area contributed by atoms with Crippen molar-refractivity contribution >= 4 is 11.7 Å². The summed E-state index contributed by atoms with van der Waals surface area (Å²) in [6.07, 6.45) is 2.37. The van der Waals surface area contributed by atoms with Crippen molar-refractivity contribution < 1.29 is 9.90 Å². The largest absolute Gasteiger partial charge is 0.481 e. The molecular formula is C17H24N2O2. The van der Waals surface area contributed by atoms with E-state index >= 15 is 0 Å². The van der Waals surface area contributed by atoms with Crippen LogP contribution in [0.2, 0.25) is 0 Å². The Labute approximate surface area is 126 Å². The average Bonchev–Trinajstić information content (AvgIpc) is 2.80. The number of anilines is 1. The summed E-state index contributed by atoms with van der Waals surface area (Å²) < 4.78 is 0. The van der Waals surface area contributed by atoms with E-state index < -0.39 is 5.97 Å². The summed E-state index contributed by atoms with van der Waals surface area (Å²) >= 11 is 0. The number of rotatable bonds is 3. The minimum Gasteiger partial charge on any atom is -0.481 e. The summed E-state index contributed by atoms with van der Waals surface area (Å²) in [7, 11) is 2.15. The Bertz CT molecular complexity index is 544. The molecule has 0 amide bonds. The topological polar surface area (TPSA) is 43.8 Å². The maximum Gasteiger partial charge on any atom is 0.308 e. The van der Waals surface area contributed by atoms with E-state index in [-0.39, 0.29) is 11.8 Å². The first-order valence-corrected chi connectivity index (χ1v) is 7.82. The third-order valence-corrected chi connectivity index (χ3v) is 4.91. The molecule has 0 bridgehead atoms. The molecular weight excluding hydrogens is 264 g/mol. The van der Waals surface area contributed by atoms with E-state index in [2.05, 4.69) is 35.0 Å². The van der Waals surface area contributed by atoms with E-state index in [4.69, 9.17) is 0 Å². The van der Waals surface area contributed by atoms with Gasteiger partial charge in [-0.1, -0.05) is 19.1 Å². The number of benzene rings is 1. The molecule has 1 N–H and O–H groups in total. The summed E-state index contributed by atoms with van der Waals surface area (Å²) in [6, 6.07) is 6.72. The Morgan fingerprint density at radius 1 is 1.38 bits per heavy atom. The highest BCUT2D eigenvalue weighted by Gasteiger charge is 2.34. The Morgan fingerprint density at radius 2 is 2.19 bits per heavy atom. The number of fused-ring (bicyclic) bond motifs is 1. The molecule has 2 aliphatic rings. The molecule has 3 rings (SSSR count). The Balaban J connectivity index is 1.70. The summed E-state index contributed by atoms with van der Waals surface area (Å²) in [5, 5.41) is 9.22. The van der Waals surface area contributed by atoms with Crippen LogP contribution in [0.15, 0.2) is 18.2 Å². The highest BCUT2D eigenvalue weighted by atomic mass is 16.4. The molecule has 2 aliphatic heterocycles. The fraction of sp³-hybridized carbons (Fsp3) is 0.588. The third kappa shape index (κ3) is 2.91. The first-order chi connectivity index (χ1) is 10.0. The predicted molar refractivity (Wildman–Crippen MR) is 83.6 cm³/mol. The molecule has 0 aliphatic carbocycles. The zero-order valence-corrected chi connectivity index (χ0v) is 12.9.